The summed E-state index contributed by atoms with van der Waals surface area (Å²) in [6.07, 6.45) is 3.38. The molecule has 0 amide bonds. The molecule has 0 aromatic heterocycles. The van der Waals surface area contributed by atoms with Gasteiger partial charge >= 0.3 is 0 Å². The van der Waals surface area contributed by atoms with E-state index < -0.39 is 0 Å². The summed E-state index contributed by atoms with van der Waals surface area (Å²) < 4.78 is 9.26. The van der Waals surface area contributed by atoms with Gasteiger partial charge in [0.25, 0.3) is 0 Å². The molecule has 0 radical (unpaired) electrons. The van der Waals surface area contributed by atoms with Crippen LogP contribution in [0.25, 0.3) is 0 Å². The maximum absolute atomic E-state index is 4.68. The molecule has 0 aromatic carbocycles. The highest BCUT2D eigenvalue weighted by atomic mass is 16.5. The normalized spacial score (nSPS) is 10.0. The van der Waals surface area contributed by atoms with E-state index in [4.69, 9.17) is 0 Å². The molecule has 7 heavy (non-hydrogen) atoms. The van der Waals surface area contributed by atoms with Gasteiger partial charge in [0.1, 0.15) is 0 Å². The fourth-order valence-corrected chi connectivity index (χ4v) is 0.232. The number of ether oxygens (including phenoxy) is 2. The first-order valence-corrected chi connectivity index (χ1v) is 2.08. The van der Waals surface area contributed by atoms with Crippen LogP contribution in [-0.4, -0.2) is 20.8 Å². The maximum Gasteiger partial charge on any atom is 0.0807 e. The minimum absolute atomic E-state index is 0.619. The second-order valence-corrected chi connectivity index (χ2v) is 1.06. The molecule has 0 rings (SSSR count). The largest absolute Gasteiger partial charge is 0.505 e. The Morgan fingerprint density at radius 1 is 1.43 bits per heavy atom. The van der Waals surface area contributed by atoms with Crippen LogP contribution in [0.1, 0.15) is 0 Å². The van der Waals surface area contributed by atoms with Crippen LogP contribution in [0.5, 0.6) is 0 Å². The van der Waals surface area contributed by atoms with Crippen molar-refractivity contribution < 1.29 is 9.47 Å². The van der Waals surface area contributed by atoms with E-state index in [1.54, 1.807) is 26.6 Å². The van der Waals surface area contributed by atoms with Gasteiger partial charge in [0.05, 0.1) is 20.0 Å². The van der Waals surface area contributed by atoms with Gasteiger partial charge < -0.3 is 9.47 Å². The molecule has 2 heteroatoms. The fraction of sp³-hybridized carbons (Fsp3) is 0.600. The van der Waals surface area contributed by atoms with Crippen LogP contribution >= 0.6 is 0 Å². The molecule has 0 aliphatic heterocycles. The summed E-state index contributed by atoms with van der Waals surface area (Å²) in [7, 11) is 3.24. The smallest absolute Gasteiger partial charge is 0.0807 e. The molecule has 0 aromatic rings. The summed E-state index contributed by atoms with van der Waals surface area (Å²) in [5, 5.41) is 0. The van der Waals surface area contributed by atoms with Crippen LogP contribution in [0.15, 0.2) is 12.3 Å². The molecular formula is C5H10O2. The van der Waals surface area contributed by atoms with Gasteiger partial charge in [-0.25, -0.2) is 0 Å². The highest BCUT2D eigenvalue weighted by molar-refractivity contribution is 4.70. The molecule has 0 aliphatic rings. The summed E-state index contributed by atoms with van der Waals surface area (Å²) in [6, 6.07) is 0. The van der Waals surface area contributed by atoms with Gasteiger partial charge in [0.15, 0.2) is 0 Å². The second kappa shape index (κ2) is 5.50. The second-order valence-electron chi connectivity index (χ2n) is 1.06. The number of rotatable bonds is 3. The quantitative estimate of drug-likeness (QED) is 0.490. The van der Waals surface area contributed by atoms with E-state index in [1.165, 1.54) is 0 Å². The third kappa shape index (κ3) is 5.50. The molecule has 0 fully saturated rings. The molecule has 0 unspecified atom stereocenters. The van der Waals surface area contributed by atoms with Crippen LogP contribution < -0.4 is 0 Å². The van der Waals surface area contributed by atoms with E-state index in [-0.39, 0.29) is 0 Å². The van der Waals surface area contributed by atoms with Crippen molar-refractivity contribution in [3.63, 3.8) is 0 Å². The first kappa shape index (κ1) is 6.50. The predicted octanol–water partition coefficient (Wildman–Crippen LogP) is 0.793. The highest BCUT2D eigenvalue weighted by Gasteiger charge is 1.66. The zero-order valence-corrected chi connectivity index (χ0v) is 4.68. The predicted molar refractivity (Wildman–Crippen MR) is 28.0 cm³/mol. The molecule has 0 heterocycles. The third-order valence-electron chi connectivity index (χ3n) is 0.495. The first-order chi connectivity index (χ1) is 3.41. The third-order valence-corrected chi connectivity index (χ3v) is 0.495. The maximum atomic E-state index is 4.68. The molecule has 0 bridgehead atoms. The van der Waals surface area contributed by atoms with E-state index in [0.717, 1.165) is 0 Å². The average molecular weight is 102 g/mol. The van der Waals surface area contributed by atoms with Gasteiger partial charge in [0.2, 0.25) is 0 Å². The Kier molecular flexibility index (Phi) is 5.11. The van der Waals surface area contributed by atoms with Crippen molar-refractivity contribution >= 4 is 0 Å². The monoisotopic (exact) mass is 102 g/mol. The molecule has 0 spiro atoms. The average Bonchev–Trinajstić information content (AvgIpc) is 1.69. The SMILES string of the molecule is CO/C=C\COC. The Bertz CT molecular complexity index is 50.0. The minimum atomic E-state index is 0.619. The van der Waals surface area contributed by atoms with E-state index in [2.05, 4.69) is 9.47 Å². The standard InChI is InChI=1S/C5H10O2/c1-6-4-3-5-7-2/h3-4H,5H2,1-2H3/b4-3-. The van der Waals surface area contributed by atoms with Gasteiger partial charge in [-0.15, -0.1) is 0 Å². The lowest BCUT2D eigenvalue weighted by atomic mass is 10.7. The molecule has 0 saturated heterocycles. The van der Waals surface area contributed by atoms with Gasteiger partial charge in [-0.05, 0) is 6.08 Å². The molecule has 0 aliphatic carbocycles. The zero-order valence-electron chi connectivity index (χ0n) is 4.68. The minimum Gasteiger partial charge on any atom is -0.505 e. The van der Waals surface area contributed by atoms with Crippen molar-refractivity contribution in [2.75, 3.05) is 20.8 Å². The van der Waals surface area contributed by atoms with Crippen molar-refractivity contribution in [3.8, 4) is 0 Å². The van der Waals surface area contributed by atoms with Crippen molar-refractivity contribution in [2.45, 2.75) is 0 Å². The number of hydrogen-bond donors (Lipinski definition) is 0. The molecule has 0 N–H and O–H groups in total. The Labute approximate surface area is 43.7 Å². The van der Waals surface area contributed by atoms with Crippen LogP contribution in [0.3, 0.4) is 0 Å². The van der Waals surface area contributed by atoms with Gasteiger partial charge in [-0.1, -0.05) is 0 Å². The summed E-state index contributed by atoms with van der Waals surface area (Å²) in [6.45, 7) is 0.619. The Morgan fingerprint density at radius 3 is 2.57 bits per heavy atom. The van der Waals surface area contributed by atoms with Crippen LogP contribution in [-0.2, 0) is 9.47 Å². The first-order valence-electron chi connectivity index (χ1n) is 2.08. The van der Waals surface area contributed by atoms with E-state index in [1.807, 2.05) is 0 Å². The molecule has 2 nitrogen and oxygen atoms in total. The molecule has 42 valence electrons. The topological polar surface area (TPSA) is 18.5 Å². The van der Waals surface area contributed by atoms with Crippen molar-refractivity contribution in [3.05, 3.63) is 12.3 Å². The van der Waals surface area contributed by atoms with Crippen molar-refractivity contribution in [2.24, 2.45) is 0 Å². The zero-order chi connectivity index (χ0) is 5.54. The summed E-state index contributed by atoms with van der Waals surface area (Å²) in [5.41, 5.74) is 0. The van der Waals surface area contributed by atoms with Crippen LogP contribution in [0, 0.1) is 0 Å². The summed E-state index contributed by atoms with van der Waals surface area (Å²) in [5.74, 6) is 0. The van der Waals surface area contributed by atoms with Crippen LogP contribution in [0.4, 0.5) is 0 Å². The Morgan fingerprint density at radius 2 is 2.14 bits per heavy atom. The summed E-state index contributed by atoms with van der Waals surface area (Å²) in [4.78, 5) is 0. The van der Waals surface area contributed by atoms with E-state index in [0.29, 0.717) is 6.61 Å². The highest BCUT2D eigenvalue weighted by Crippen LogP contribution is 1.71. The molecular weight excluding hydrogens is 92.1 g/mol. The van der Waals surface area contributed by atoms with Gasteiger partial charge in [-0.3, -0.25) is 0 Å². The lowest BCUT2D eigenvalue weighted by molar-refractivity contribution is 0.229. The Balaban J connectivity index is 2.78. The van der Waals surface area contributed by atoms with Crippen LogP contribution in [0.2, 0.25) is 0 Å². The van der Waals surface area contributed by atoms with Gasteiger partial charge in [-0.2, -0.15) is 0 Å². The van der Waals surface area contributed by atoms with E-state index in [9.17, 15) is 0 Å². The summed E-state index contributed by atoms with van der Waals surface area (Å²) >= 11 is 0. The van der Waals surface area contributed by atoms with Crippen molar-refractivity contribution in [1.29, 1.82) is 0 Å². The van der Waals surface area contributed by atoms with Crippen molar-refractivity contribution in [1.82, 2.24) is 0 Å². The number of methoxy groups -OCH3 is 2. The van der Waals surface area contributed by atoms with Gasteiger partial charge in [0, 0.05) is 7.11 Å². The fourth-order valence-electron chi connectivity index (χ4n) is 0.232. The Hall–Kier alpha value is -0.500. The number of hydrogen-bond acceptors (Lipinski definition) is 2. The molecule has 0 saturated carbocycles. The lowest BCUT2D eigenvalue weighted by Crippen LogP contribution is -1.79. The lowest BCUT2D eigenvalue weighted by Gasteiger charge is -1.86. The molecule has 0 atom stereocenters. The van der Waals surface area contributed by atoms with E-state index >= 15 is 0 Å².